The van der Waals surface area contributed by atoms with Crippen LogP contribution in [0.15, 0.2) is 22.4 Å². The molecule has 0 saturated heterocycles. The van der Waals surface area contributed by atoms with Gasteiger partial charge in [0.15, 0.2) is 0 Å². The van der Waals surface area contributed by atoms with Gasteiger partial charge in [-0.05, 0) is 62.7 Å². The van der Waals surface area contributed by atoms with Crippen LogP contribution in [-0.2, 0) is 4.74 Å². The van der Waals surface area contributed by atoms with E-state index in [1.807, 2.05) is 0 Å². The predicted octanol–water partition coefficient (Wildman–Crippen LogP) is 4.33. The average Bonchev–Trinajstić information content (AvgIpc) is 2.25. The maximum Gasteiger partial charge on any atom is 0.116 e. The largest absolute Gasteiger partial charge is 0.493 e. The Morgan fingerprint density at radius 3 is 2.89 bits per heavy atom. The fraction of sp³-hybridized carbons (Fsp3) is 0.733. The zero-order valence-electron chi connectivity index (χ0n) is 12.1. The summed E-state index contributed by atoms with van der Waals surface area (Å²) in [6, 6.07) is 0.572. The second kappa shape index (κ2) is 8.00. The first kappa shape index (κ1) is 15.8. The van der Waals surface area contributed by atoms with Crippen molar-refractivity contribution in [2.75, 3.05) is 20.2 Å². The van der Waals surface area contributed by atoms with Gasteiger partial charge in [-0.1, -0.05) is 22.9 Å². The summed E-state index contributed by atoms with van der Waals surface area (Å²) in [5.41, 5.74) is 0. The number of rotatable bonds is 5. The third kappa shape index (κ3) is 6.05. The highest BCUT2D eigenvalue weighted by atomic mass is 79.9. The highest BCUT2D eigenvalue weighted by molar-refractivity contribution is 9.11. The molecule has 0 saturated carbocycles. The molecule has 1 atom stereocenters. The number of hydrogen-bond acceptors (Lipinski definition) is 2. The van der Waals surface area contributed by atoms with Crippen molar-refractivity contribution >= 4 is 15.9 Å². The molecule has 0 aromatic carbocycles. The van der Waals surface area contributed by atoms with Crippen LogP contribution in [0, 0.1) is 5.92 Å². The average molecular weight is 316 g/mol. The summed E-state index contributed by atoms with van der Waals surface area (Å²) in [5.74, 6) is 1.77. The topological polar surface area (TPSA) is 12.5 Å². The number of hydrogen-bond donors (Lipinski definition) is 0. The monoisotopic (exact) mass is 315 g/mol. The molecule has 0 fully saturated rings. The molecule has 0 amide bonds. The molecule has 1 aliphatic carbocycles. The molecule has 1 aliphatic rings. The van der Waals surface area contributed by atoms with Gasteiger partial charge in [-0.2, -0.15) is 0 Å². The van der Waals surface area contributed by atoms with Gasteiger partial charge < -0.3 is 9.64 Å². The summed E-state index contributed by atoms with van der Waals surface area (Å²) in [6.45, 7) is 8.43. The van der Waals surface area contributed by atoms with Crippen LogP contribution in [0.1, 0.15) is 40.0 Å². The summed E-state index contributed by atoms with van der Waals surface area (Å²) in [4.78, 5) is 2.30. The van der Waals surface area contributed by atoms with Crippen molar-refractivity contribution in [2.24, 2.45) is 5.92 Å². The Bertz CT molecular complexity index is 310. The molecule has 1 unspecified atom stereocenters. The first-order valence-electron chi connectivity index (χ1n) is 6.88. The van der Waals surface area contributed by atoms with Crippen LogP contribution in [-0.4, -0.2) is 31.1 Å². The molecule has 104 valence electrons. The van der Waals surface area contributed by atoms with E-state index in [1.54, 1.807) is 0 Å². The lowest BCUT2D eigenvalue weighted by molar-refractivity contribution is 0.162. The van der Waals surface area contributed by atoms with Crippen molar-refractivity contribution in [2.45, 2.75) is 46.1 Å². The lowest BCUT2D eigenvalue weighted by Gasteiger charge is -2.21. The van der Waals surface area contributed by atoms with E-state index in [4.69, 9.17) is 4.74 Å². The Hall–Kier alpha value is -0.280. The van der Waals surface area contributed by atoms with Crippen LogP contribution >= 0.6 is 15.9 Å². The number of allylic oxidation sites excluding steroid dienone is 3. The molecule has 0 heterocycles. The molecule has 0 aliphatic heterocycles. The molecule has 0 N–H and O–H groups in total. The van der Waals surface area contributed by atoms with Gasteiger partial charge in [-0.3, -0.25) is 0 Å². The number of nitrogens with zero attached hydrogens (tertiary/aromatic N) is 1. The maximum absolute atomic E-state index is 5.86. The lowest BCUT2D eigenvalue weighted by Crippen LogP contribution is -2.29. The standard InChI is InChI=1S/C15H26BrNO/c1-12(2)17(4)8-9-18-15-7-5-6-13(3)10-14(16)11-15/h7,11-13H,5-6,8-10H2,1-4H3/b14-11+,15-7+. The van der Waals surface area contributed by atoms with E-state index < -0.39 is 0 Å². The minimum absolute atomic E-state index is 0.572. The Kier molecular flexibility index (Phi) is 7.02. The second-order valence-corrected chi connectivity index (χ2v) is 6.53. The number of likely N-dealkylation sites (N-methyl/N-ethyl adjacent to an activating group) is 1. The molecule has 0 spiro atoms. The minimum Gasteiger partial charge on any atom is -0.493 e. The second-order valence-electron chi connectivity index (χ2n) is 5.51. The summed E-state index contributed by atoms with van der Waals surface area (Å²) in [5, 5.41) is 0. The first-order valence-corrected chi connectivity index (χ1v) is 7.67. The maximum atomic E-state index is 5.86. The third-order valence-corrected chi connectivity index (χ3v) is 3.99. The quantitative estimate of drug-likeness (QED) is 0.749. The molecule has 18 heavy (non-hydrogen) atoms. The van der Waals surface area contributed by atoms with Gasteiger partial charge in [-0.15, -0.1) is 0 Å². The lowest BCUT2D eigenvalue weighted by atomic mass is 9.99. The van der Waals surface area contributed by atoms with Crippen LogP contribution in [0.3, 0.4) is 0 Å². The molecular formula is C15H26BrNO. The van der Waals surface area contributed by atoms with Crippen molar-refractivity contribution in [3.8, 4) is 0 Å². The molecule has 0 aromatic heterocycles. The highest BCUT2D eigenvalue weighted by Gasteiger charge is 2.09. The third-order valence-electron chi connectivity index (χ3n) is 3.44. The van der Waals surface area contributed by atoms with E-state index in [0.717, 1.165) is 37.7 Å². The predicted molar refractivity (Wildman–Crippen MR) is 81.8 cm³/mol. The van der Waals surface area contributed by atoms with Gasteiger partial charge in [0.25, 0.3) is 0 Å². The van der Waals surface area contributed by atoms with Crippen LogP contribution in [0.5, 0.6) is 0 Å². The molecule has 2 nitrogen and oxygen atoms in total. The van der Waals surface area contributed by atoms with Crippen molar-refractivity contribution < 1.29 is 4.74 Å². The van der Waals surface area contributed by atoms with Crippen LogP contribution < -0.4 is 0 Å². The van der Waals surface area contributed by atoms with E-state index in [-0.39, 0.29) is 0 Å². The summed E-state index contributed by atoms with van der Waals surface area (Å²) in [7, 11) is 2.13. The van der Waals surface area contributed by atoms with Crippen molar-refractivity contribution in [1.82, 2.24) is 4.90 Å². The zero-order valence-corrected chi connectivity index (χ0v) is 13.7. The summed E-state index contributed by atoms with van der Waals surface area (Å²) < 4.78 is 7.11. The van der Waals surface area contributed by atoms with Gasteiger partial charge in [-0.25, -0.2) is 0 Å². The molecular weight excluding hydrogens is 290 g/mol. The molecule has 1 rings (SSSR count). The first-order chi connectivity index (χ1) is 8.49. The van der Waals surface area contributed by atoms with Gasteiger partial charge >= 0.3 is 0 Å². The SMILES string of the molecule is CC1CC/C=C(OCCN(C)C(C)C)\C=C(\Br)C1. The van der Waals surface area contributed by atoms with Gasteiger partial charge in [0, 0.05) is 12.6 Å². The van der Waals surface area contributed by atoms with E-state index in [9.17, 15) is 0 Å². The van der Waals surface area contributed by atoms with Crippen LogP contribution in [0.25, 0.3) is 0 Å². The van der Waals surface area contributed by atoms with Crippen molar-refractivity contribution in [1.29, 1.82) is 0 Å². The van der Waals surface area contributed by atoms with Gasteiger partial charge in [0.05, 0.1) is 0 Å². The van der Waals surface area contributed by atoms with E-state index in [0.29, 0.717) is 6.04 Å². The number of halogens is 1. The van der Waals surface area contributed by atoms with Crippen molar-refractivity contribution in [3.05, 3.63) is 22.4 Å². The summed E-state index contributed by atoms with van der Waals surface area (Å²) in [6.07, 6.45) is 7.82. The Labute approximate surface area is 120 Å². The normalized spacial score (nSPS) is 27.2. The molecule has 0 radical (unpaired) electrons. The fourth-order valence-electron chi connectivity index (χ4n) is 1.88. The zero-order chi connectivity index (χ0) is 13.5. The van der Waals surface area contributed by atoms with Crippen molar-refractivity contribution in [3.63, 3.8) is 0 Å². The fourth-order valence-corrected chi connectivity index (χ4v) is 2.66. The van der Waals surface area contributed by atoms with Crippen LogP contribution in [0.2, 0.25) is 0 Å². The van der Waals surface area contributed by atoms with E-state index in [1.165, 1.54) is 10.9 Å². The number of ether oxygens (including phenoxy) is 1. The smallest absolute Gasteiger partial charge is 0.116 e. The van der Waals surface area contributed by atoms with E-state index in [2.05, 4.69) is 60.8 Å². The Morgan fingerprint density at radius 2 is 2.22 bits per heavy atom. The van der Waals surface area contributed by atoms with Gasteiger partial charge in [0.1, 0.15) is 12.4 Å². The van der Waals surface area contributed by atoms with E-state index >= 15 is 0 Å². The molecule has 0 aromatic rings. The van der Waals surface area contributed by atoms with Crippen LogP contribution in [0.4, 0.5) is 0 Å². The summed E-state index contributed by atoms with van der Waals surface area (Å²) >= 11 is 3.63. The molecule has 3 heteroatoms. The Balaban J connectivity index is 2.41. The minimum atomic E-state index is 0.572. The van der Waals surface area contributed by atoms with Gasteiger partial charge in [0.2, 0.25) is 0 Å². The Morgan fingerprint density at radius 1 is 1.50 bits per heavy atom. The molecule has 0 bridgehead atoms. The highest BCUT2D eigenvalue weighted by Crippen LogP contribution is 2.25.